The number of nitrogens with two attached hydrogens (primary N) is 1. The van der Waals surface area contributed by atoms with E-state index < -0.39 is 0 Å². The Kier molecular flexibility index (Phi) is 6.26. The lowest BCUT2D eigenvalue weighted by atomic mass is 10.1. The van der Waals surface area contributed by atoms with E-state index in [1.807, 2.05) is 23.0 Å². The zero-order chi connectivity index (χ0) is 20.1. The third kappa shape index (κ3) is 3.99. The van der Waals surface area contributed by atoms with Gasteiger partial charge in [0.2, 0.25) is 0 Å². The average Bonchev–Trinajstić information content (AvgIpc) is 2.74. The molecule has 3 rings (SSSR count). The van der Waals surface area contributed by atoms with Crippen molar-refractivity contribution in [3.05, 3.63) is 65.5 Å². The quantitative estimate of drug-likeness (QED) is 0.493. The van der Waals surface area contributed by atoms with E-state index in [4.69, 9.17) is 11.1 Å². The van der Waals surface area contributed by atoms with E-state index in [0.29, 0.717) is 11.3 Å². The monoisotopic (exact) mass is 392 g/mol. The fourth-order valence-corrected chi connectivity index (χ4v) is 4.03. The van der Waals surface area contributed by atoms with Gasteiger partial charge in [-0.2, -0.15) is 5.10 Å². The van der Waals surface area contributed by atoms with Gasteiger partial charge in [0, 0.05) is 41.5 Å². The van der Waals surface area contributed by atoms with Gasteiger partial charge in [0.1, 0.15) is 10.9 Å². The molecule has 0 bridgehead atoms. The van der Waals surface area contributed by atoms with Crippen molar-refractivity contribution in [3.8, 4) is 0 Å². The summed E-state index contributed by atoms with van der Waals surface area (Å²) in [7, 11) is 1.75. The van der Waals surface area contributed by atoms with Gasteiger partial charge in [-0.3, -0.25) is 9.98 Å². The van der Waals surface area contributed by atoms with Crippen LogP contribution in [0.4, 0.5) is 0 Å². The highest BCUT2D eigenvalue weighted by Crippen LogP contribution is 2.32. The average molecular weight is 393 g/mol. The highest BCUT2D eigenvalue weighted by atomic mass is 32.2. The number of allylic oxidation sites excluding steroid dienone is 1. The Morgan fingerprint density at radius 2 is 2.14 bits per heavy atom. The molecule has 0 fully saturated rings. The summed E-state index contributed by atoms with van der Waals surface area (Å²) in [6, 6.07) is 12.1. The predicted octanol–water partition coefficient (Wildman–Crippen LogP) is 3.78. The summed E-state index contributed by atoms with van der Waals surface area (Å²) in [5.74, 6) is 0. The molecule has 28 heavy (non-hydrogen) atoms. The first kappa shape index (κ1) is 19.8. The molecule has 2 heterocycles. The minimum Gasteiger partial charge on any atom is -0.404 e. The van der Waals surface area contributed by atoms with Crippen LogP contribution in [0.25, 0.3) is 16.5 Å². The Labute approximate surface area is 168 Å². The lowest BCUT2D eigenvalue weighted by molar-refractivity contribution is 0.585. The number of nitrogens with one attached hydrogen (secondary N) is 1. The Balaban J connectivity index is 1.99. The van der Waals surface area contributed by atoms with Crippen molar-refractivity contribution in [3.63, 3.8) is 0 Å². The normalized spacial score (nSPS) is 13.7. The third-order valence-corrected chi connectivity index (χ3v) is 5.60. The van der Waals surface area contributed by atoms with Crippen LogP contribution in [-0.2, 0) is 6.42 Å². The molecule has 0 radical (unpaired) electrons. The number of rotatable bonds is 6. The Bertz CT molecular complexity index is 1100. The van der Waals surface area contributed by atoms with Crippen molar-refractivity contribution in [1.82, 2.24) is 14.8 Å². The van der Waals surface area contributed by atoms with E-state index in [0.717, 1.165) is 22.3 Å². The Morgan fingerprint density at radius 3 is 2.82 bits per heavy atom. The van der Waals surface area contributed by atoms with Gasteiger partial charge in [0.25, 0.3) is 0 Å². The predicted molar refractivity (Wildman–Crippen MR) is 116 cm³/mol. The van der Waals surface area contributed by atoms with Crippen LogP contribution in [-0.4, -0.2) is 28.0 Å². The summed E-state index contributed by atoms with van der Waals surface area (Å²) >= 11 is 1.70. The SMILES string of the molecule is CCc1ccnc2ccc(SC(C)n3nc(/C(C=N)=C/N)ccc3=NC)cc12. The van der Waals surface area contributed by atoms with Gasteiger partial charge in [0.15, 0.2) is 0 Å². The van der Waals surface area contributed by atoms with E-state index in [9.17, 15) is 0 Å². The molecule has 3 N–H and O–H groups in total. The minimum atomic E-state index is 0.00241. The number of aryl methyl sites for hydroxylation is 1. The summed E-state index contributed by atoms with van der Waals surface area (Å²) in [6.07, 6.45) is 5.43. The molecule has 3 aromatic rings. The summed E-state index contributed by atoms with van der Waals surface area (Å²) < 4.78 is 1.86. The molecule has 0 aliphatic carbocycles. The number of nitrogens with zero attached hydrogens (tertiary/aromatic N) is 4. The Hall–Kier alpha value is -2.93. The van der Waals surface area contributed by atoms with Crippen molar-refractivity contribution < 1.29 is 0 Å². The molecule has 7 heteroatoms. The molecular formula is C21H24N6S. The number of benzene rings is 1. The smallest absolute Gasteiger partial charge is 0.145 e. The number of hydrogen-bond acceptors (Lipinski definition) is 6. The lowest BCUT2D eigenvalue weighted by Gasteiger charge is -2.17. The highest BCUT2D eigenvalue weighted by Gasteiger charge is 2.12. The van der Waals surface area contributed by atoms with Crippen molar-refractivity contribution in [2.24, 2.45) is 10.7 Å². The van der Waals surface area contributed by atoms with E-state index in [-0.39, 0.29) is 5.37 Å². The van der Waals surface area contributed by atoms with Crippen molar-refractivity contribution in [2.45, 2.75) is 30.5 Å². The van der Waals surface area contributed by atoms with Crippen LogP contribution in [0, 0.1) is 5.41 Å². The molecule has 144 valence electrons. The first-order valence-corrected chi connectivity index (χ1v) is 9.99. The second kappa shape index (κ2) is 8.84. The second-order valence-electron chi connectivity index (χ2n) is 6.23. The highest BCUT2D eigenvalue weighted by molar-refractivity contribution is 7.99. The van der Waals surface area contributed by atoms with Gasteiger partial charge in [0.05, 0.1) is 11.2 Å². The van der Waals surface area contributed by atoms with Gasteiger partial charge in [-0.25, -0.2) is 4.68 Å². The molecule has 0 aliphatic heterocycles. The van der Waals surface area contributed by atoms with Crippen LogP contribution < -0.4 is 11.2 Å². The fraction of sp³-hybridized carbons (Fsp3) is 0.238. The van der Waals surface area contributed by atoms with Crippen molar-refractivity contribution in [2.75, 3.05) is 7.05 Å². The van der Waals surface area contributed by atoms with E-state index in [1.54, 1.807) is 18.8 Å². The van der Waals surface area contributed by atoms with Gasteiger partial charge in [-0.05, 0) is 55.3 Å². The maximum Gasteiger partial charge on any atom is 0.145 e. The van der Waals surface area contributed by atoms with Crippen molar-refractivity contribution >= 4 is 34.5 Å². The molecule has 1 aromatic carbocycles. The topological polar surface area (TPSA) is 92.9 Å². The summed E-state index contributed by atoms with van der Waals surface area (Å²) in [5, 5.41) is 13.4. The van der Waals surface area contributed by atoms with Crippen molar-refractivity contribution in [1.29, 1.82) is 5.41 Å². The van der Waals surface area contributed by atoms with Crippen LogP contribution in [0.5, 0.6) is 0 Å². The molecule has 0 amide bonds. The molecule has 2 aromatic heterocycles. The molecule has 0 saturated heterocycles. The molecule has 0 spiro atoms. The molecule has 6 nitrogen and oxygen atoms in total. The first-order chi connectivity index (χ1) is 13.6. The number of pyridine rings is 1. The third-order valence-electron chi connectivity index (χ3n) is 4.54. The van der Waals surface area contributed by atoms with Crippen LogP contribution in [0.3, 0.4) is 0 Å². The summed E-state index contributed by atoms with van der Waals surface area (Å²) in [4.78, 5) is 9.94. The number of fused-ring (bicyclic) bond motifs is 1. The molecule has 0 saturated carbocycles. The molecule has 1 unspecified atom stereocenters. The summed E-state index contributed by atoms with van der Waals surface area (Å²) in [5.41, 5.74) is 9.90. The molecule has 1 atom stereocenters. The maximum atomic E-state index is 7.51. The van der Waals surface area contributed by atoms with Gasteiger partial charge < -0.3 is 11.1 Å². The fourth-order valence-electron chi connectivity index (χ4n) is 3.05. The second-order valence-corrected chi connectivity index (χ2v) is 7.62. The van der Waals surface area contributed by atoms with E-state index in [1.165, 1.54) is 23.4 Å². The number of thioether (sulfide) groups is 1. The van der Waals surface area contributed by atoms with Gasteiger partial charge in [-0.1, -0.05) is 18.7 Å². The van der Waals surface area contributed by atoms with Crippen LogP contribution >= 0.6 is 11.8 Å². The van der Waals surface area contributed by atoms with Crippen LogP contribution in [0.15, 0.2) is 58.7 Å². The maximum absolute atomic E-state index is 7.51. The van der Waals surface area contributed by atoms with Gasteiger partial charge >= 0.3 is 0 Å². The zero-order valence-corrected chi connectivity index (χ0v) is 17.1. The molecule has 0 aliphatic rings. The van der Waals surface area contributed by atoms with E-state index in [2.05, 4.69) is 53.2 Å². The zero-order valence-electron chi connectivity index (χ0n) is 16.3. The number of hydrogen-bond donors (Lipinski definition) is 2. The van der Waals surface area contributed by atoms with Crippen LogP contribution in [0.1, 0.15) is 30.5 Å². The lowest BCUT2D eigenvalue weighted by Crippen LogP contribution is -2.26. The van der Waals surface area contributed by atoms with Gasteiger partial charge in [-0.15, -0.1) is 0 Å². The largest absolute Gasteiger partial charge is 0.404 e. The Morgan fingerprint density at radius 1 is 1.32 bits per heavy atom. The standard InChI is InChI=1S/C21H24N6S/c1-4-15-9-10-25-20-6-5-17(11-18(15)20)28-14(2)27-21(24-3)8-7-19(26-27)16(12-22)13-23/h5-14,22H,4,23H2,1-3H3/b16-13+,22-12?,24-21?. The van der Waals surface area contributed by atoms with E-state index >= 15 is 0 Å². The summed E-state index contributed by atoms with van der Waals surface area (Å²) in [6.45, 7) is 4.24. The number of aromatic nitrogens is 3. The first-order valence-electron chi connectivity index (χ1n) is 9.11. The molecular weight excluding hydrogens is 368 g/mol. The minimum absolute atomic E-state index is 0.00241. The van der Waals surface area contributed by atoms with Crippen LogP contribution in [0.2, 0.25) is 0 Å².